The van der Waals surface area contributed by atoms with Gasteiger partial charge in [0.05, 0.1) is 18.4 Å². The van der Waals surface area contributed by atoms with E-state index in [1.165, 1.54) is 19.4 Å². The zero-order chi connectivity index (χ0) is 15.2. The van der Waals surface area contributed by atoms with Crippen LogP contribution in [0.3, 0.4) is 0 Å². The average Bonchev–Trinajstić information content (AvgIpc) is 2.97. The maximum atomic E-state index is 11.9. The Morgan fingerprint density at radius 2 is 2.29 bits per heavy atom. The van der Waals surface area contributed by atoms with E-state index in [0.717, 1.165) is 0 Å². The van der Waals surface area contributed by atoms with Crippen LogP contribution in [0.15, 0.2) is 45.7 Å². The summed E-state index contributed by atoms with van der Waals surface area (Å²) in [5.74, 6) is -0.384. The SMILES string of the molecule is CC(OC(=O)c1cncc(Br)c1)C(=O)NCc1ccco1. The molecule has 7 heteroatoms. The molecule has 1 N–H and O–H groups in total. The molecule has 110 valence electrons. The third-order valence-electron chi connectivity index (χ3n) is 2.61. The van der Waals surface area contributed by atoms with E-state index in [9.17, 15) is 9.59 Å². The van der Waals surface area contributed by atoms with E-state index in [1.54, 1.807) is 24.4 Å². The highest BCUT2D eigenvalue weighted by atomic mass is 79.9. The van der Waals surface area contributed by atoms with Crippen LogP contribution in [0.5, 0.6) is 0 Å². The van der Waals surface area contributed by atoms with Crippen LogP contribution in [0, 0.1) is 0 Å². The molecule has 6 nitrogen and oxygen atoms in total. The van der Waals surface area contributed by atoms with E-state index in [4.69, 9.17) is 9.15 Å². The number of esters is 1. The van der Waals surface area contributed by atoms with Gasteiger partial charge in [-0.3, -0.25) is 9.78 Å². The molecule has 1 unspecified atom stereocenters. The lowest BCUT2D eigenvalue weighted by Crippen LogP contribution is -2.35. The number of aromatic nitrogens is 1. The maximum Gasteiger partial charge on any atom is 0.340 e. The number of pyridine rings is 1. The Bertz CT molecular complexity index is 628. The van der Waals surface area contributed by atoms with Gasteiger partial charge in [-0.1, -0.05) is 0 Å². The van der Waals surface area contributed by atoms with Crippen molar-refractivity contribution in [2.24, 2.45) is 0 Å². The minimum Gasteiger partial charge on any atom is -0.467 e. The van der Waals surface area contributed by atoms with Gasteiger partial charge in [-0.25, -0.2) is 4.79 Å². The zero-order valence-electron chi connectivity index (χ0n) is 11.2. The predicted molar refractivity (Wildman–Crippen MR) is 77.4 cm³/mol. The molecule has 0 fully saturated rings. The van der Waals surface area contributed by atoms with Crippen LogP contribution >= 0.6 is 15.9 Å². The van der Waals surface area contributed by atoms with Crippen molar-refractivity contribution < 1.29 is 18.7 Å². The molecule has 0 bridgehead atoms. The smallest absolute Gasteiger partial charge is 0.340 e. The molecule has 2 aromatic rings. The third-order valence-corrected chi connectivity index (χ3v) is 3.04. The third kappa shape index (κ3) is 4.42. The highest BCUT2D eigenvalue weighted by Gasteiger charge is 2.19. The Morgan fingerprint density at radius 1 is 1.48 bits per heavy atom. The zero-order valence-corrected chi connectivity index (χ0v) is 12.8. The highest BCUT2D eigenvalue weighted by molar-refractivity contribution is 9.10. The summed E-state index contributed by atoms with van der Waals surface area (Å²) in [4.78, 5) is 27.5. The summed E-state index contributed by atoms with van der Waals surface area (Å²) in [6.07, 6.45) is 3.54. The maximum absolute atomic E-state index is 11.9. The Labute approximate surface area is 129 Å². The number of nitrogens with zero attached hydrogens (tertiary/aromatic N) is 1. The fraction of sp³-hybridized carbons (Fsp3) is 0.214. The van der Waals surface area contributed by atoms with Gasteiger partial charge in [-0.2, -0.15) is 0 Å². The Morgan fingerprint density at radius 3 is 2.95 bits per heavy atom. The first-order valence-electron chi connectivity index (χ1n) is 6.18. The van der Waals surface area contributed by atoms with Gasteiger partial charge in [-0.15, -0.1) is 0 Å². The van der Waals surface area contributed by atoms with Gasteiger partial charge >= 0.3 is 5.97 Å². The van der Waals surface area contributed by atoms with Crippen molar-refractivity contribution >= 4 is 27.8 Å². The van der Waals surface area contributed by atoms with E-state index < -0.39 is 18.0 Å². The molecule has 2 heterocycles. The molecule has 0 saturated carbocycles. The van der Waals surface area contributed by atoms with E-state index in [-0.39, 0.29) is 12.1 Å². The standard InChI is InChI=1S/C14H13BrN2O4/c1-9(13(18)17-8-12-3-2-4-20-12)21-14(19)10-5-11(15)7-16-6-10/h2-7,9H,8H2,1H3,(H,17,18). The van der Waals surface area contributed by atoms with Crippen molar-refractivity contribution in [3.63, 3.8) is 0 Å². The molecule has 0 radical (unpaired) electrons. The Balaban J connectivity index is 1.86. The first-order valence-corrected chi connectivity index (χ1v) is 6.97. The predicted octanol–water partition coefficient (Wildman–Crippen LogP) is 2.30. The summed E-state index contributed by atoms with van der Waals surface area (Å²) in [6.45, 7) is 1.74. The average molecular weight is 353 g/mol. The molecule has 0 aliphatic carbocycles. The van der Waals surface area contributed by atoms with Gasteiger partial charge in [0.25, 0.3) is 5.91 Å². The van der Waals surface area contributed by atoms with E-state index in [2.05, 4.69) is 26.2 Å². The quantitative estimate of drug-likeness (QED) is 0.835. The van der Waals surface area contributed by atoms with Gasteiger partial charge in [-0.05, 0) is 41.1 Å². The van der Waals surface area contributed by atoms with E-state index >= 15 is 0 Å². The lowest BCUT2D eigenvalue weighted by Gasteiger charge is -2.12. The number of hydrogen-bond acceptors (Lipinski definition) is 5. The fourth-order valence-corrected chi connectivity index (χ4v) is 1.90. The van der Waals surface area contributed by atoms with Crippen LogP contribution in [0.4, 0.5) is 0 Å². The minimum absolute atomic E-state index is 0.242. The topological polar surface area (TPSA) is 81.4 Å². The first-order chi connectivity index (χ1) is 10.1. The number of amides is 1. The number of furan rings is 1. The number of rotatable bonds is 5. The summed E-state index contributed by atoms with van der Waals surface area (Å²) in [5.41, 5.74) is 0.273. The normalized spacial score (nSPS) is 11.7. The van der Waals surface area contributed by atoms with Gasteiger partial charge in [0.15, 0.2) is 6.10 Å². The number of carbonyl (C=O) groups excluding carboxylic acids is 2. The molecule has 21 heavy (non-hydrogen) atoms. The molecule has 0 saturated heterocycles. The first kappa shape index (κ1) is 15.2. The molecular weight excluding hydrogens is 340 g/mol. The second-order valence-electron chi connectivity index (χ2n) is 4.24. The van der Waals surface area contributed by atoms with E-state index in [1.807, 2.05) is 0 Å². The van der Waals surface area contributed by atoms with Crippen molar-refractivity contribution in [1.82, 2.24) is 10.3 Å². The molecule has 0 aliphatic rings. The van der Waals surface area contributed by atoms with Gasteiger partial charge in [0.1, 0.15) is 5.76 Å². The monoisotopic (exact) mass is 352 g/mol. The van der Waals surface area contributed by atoms with Crippen LogP contribution in [-0.2, 0) is 16.1 Å². The number of nitrogens with one attached hydrogen (secondary N) is 1. The number of ether oxygens (including phenoxy) is 1. The molecule has 1 amide bonds. The minimum atomic E-state index is -0.911. The summed E-state index contributed by atoms with van der Waals surface area (Å²) in [7, 11) is 0. The summed E-state index contributed by atoms with van der Waals surface area (Å²) in [6, 6.07) is 5.04. The molecular formula is C14H13BrN2O4. The van der Waals surface area contributed by atoms with Crippen molar-refractivity contribution in [3.8, 4) is 0 Å². The molecule has 0 spiro atoms. The molecule has 2 rings (SSSR count). The van der Waals surface area contributed by atoms with Gasteiger partial charge in [0, 0.05) is 16.9 Å². The lowest BCUT2D eigenvalue weighted by atomic mass is 10.3. The lowest BCUT2D eigenvalue weighted by molar-refractivity contribution is -0.129. The van der Waals surface area contributed by atoms with Crippen LogP contribution < -0.4 is 5.32 Å². The number of hydrogen-bond donors (Lipinski definition) is 1. The van der Waals surface area contributed by atoms with Crippen molar-refractivity contribution in [2.45, 2.75) is 19.6 Å². The molecule has 0 aromatic carbocycles. The van der Waals surface area contributed by atoms with Crippen LogP contribution in [0.1, 0.15) is 23.0 Å². The van der Waals surface area contributed by atoms with Gasteiger partial charge < -0.3 is 14.5 Å². The Hall–Kier alpha value is -2.15. The summed E-state index contributed by atoms with van der Waals surface area (Å²) in [5, 5.41) is 2.62. The molecule has 0 aliphatic heterocycles. The number of halogens is 1. The second-order valence-corrected chi connectivity index (χ2v) is 5.15. The Kier molecular flexibility index (Phi) is 5.10. The molecule has 2 aromatic heterocycles. The molecule has 1 atom stereocenters. The van der Waals surface area contributed by atoms with E-state index in [0.29, 0.717) is 10.2 Å². The van der Waals surface area contributed by atoms with Crippen LogP contribution in [0.2, 0.25) is 0 Å². The van der Waals surface area contributed by atoms with Crippen molar-refractivity contribution in [1.29, 1.82) is 0 Å². The second kappa shape index (κ2) is 7.03. The largest absolute Gasteiger partial charge is 0.467 e. The van der Waals surface area contributed by atoms with Crippen LogP contribution in [-0.4, -0.2) is 23.0 Å². The van der Waals surface area contributed by atoms with Crippen LogP contribution in [0.25, 0.3) is 0 Å². The van der Waals surface area contributed by atoms with Gasteiger partial charge in [0.2, 0.25) is 0 Å². The summed E-state index contributed by atoms with van der Waals surface area (Å²) >= 11 is 3.21. The number of carbonyl (C=O) groups is 2. The fourth-order valence-electron chi connectivity index (χ4n) is 1.54. The van der Waals surface area contributed by atoms with Crippen molar-refractivity contribution in [2.75, 3.05) is 0 Å². The highest BCUT2D eigenvalue weighted by Crippen LogP contribution is 2.11. The summed E-state index contributed by atoms with van der Waals surface area (Å²) < 4.78 is 10.8. The van der Waals surface area contributed by atoms with Crippen molar-refractivity contribution in [3.05, 3.63) is 52.7 Å².